The molecule has 2 aromatic rings. The Morgan fingerprint density at radius 1 is 1.30 bits per heavy atom. The quantitative estimate of drug-likeness (QED) is 0.904. The number of fused-ring (bicyclic) bond motifs is 3. The van der Waals surface area contributed by atoms with Crippen molar-refractivity contribution in [3.05, 3.63) is 17.3 Å². The number of nitrogens with zero attached hydrogens (tertiary/aromatic N) is 2. The molecular formula is C16H21N3S. The number of rotatable bonds is 4. The monoisotopic (exact) mass is 287 g/mol. The van der Waals surface area contributed by atoms with Crippen LogP contribution in [-0.2, 0) is 0 Å². The van der Waals surface area contributed by atoms with Gasteiger partial charge in [0.25, 0.3) is 0 Å². The van der Waals surface area contributed by atoms with E-state index >= 15 is 0 Å². The molecule has 3 nitrogen and oxygen atoms in total. The summed E-state index contributed by atoms with van der Waals surface area (Å²) in [4.78, 5) is 10.9. The van der Waals surface area contributed by atoms with Crippen LogP contribution in [0.4, 0.5) is 5.82 Å². The first-order chi connectivity index (χ1) is 9.85. The molecule has 0 aliphatic heterocycles. The minimum absolute atomic E-state index is 0.613. The topological polar surface area (TPSA) is 37.8 Å². The second-order valence-corrected chi connectivity index (χ2v) is 7.17. The van der Waals surface area contributed by atoms with Crippen LogP contribution < -0.4 is 5.32 Å². The molecule has 2 fully saturated rings. The summed E-state index contributed by atoms with van der Waals surface area (Å²) in [5.41, 5.74) is 0. The van der Waals surface area contributed by atoms with Crippen molar-refractivity contribution in [2.75, 3.05) is 11.9 Å². The third-order valence-electron chi connectivity index (χ3n) is 4.95. The van der Waals surface area contributed by atoms with Crippen LogP contribution in [0.5, 0.6) is 0 Å². The summed E-state index contributed by atoms with van der Waals surface area (Å²) in [6.07, 6.45) is 6.67. The van der Waals surface area contributed by atoms with Gasteiger partial charge in [-0.1, -0.05) is 13.3 Å². The molecule has 2 aliphatic carbocycles. The van der Waals surface area contributed by atoms with E-state index in [1.807, 2.05) is 0 Å². The van der Waals surface area contributed by atoms with E-state index in [4.69, 9.17) is 9.97 Å². The maximum atomic E-state index is 4.90. The van der Waals surface area contributed by atoms with E-state index in [0.29, 0.717) is 5.92 Å². The van der Waals surface area contributed by atoms with Crippen LogP contribution in [0.2, 0.25) is 0 Å². The van der Waals surface area contributed by atoms with Crippen molar-refractivity contribution in [3.63, 3.8) is 0 Å². The van der Waals surface area contributed by atoms with Gasteiger partial charge in [0.2, 0.25) is 0 Å². The lowest BCUT2D eigenvalue weighted by molar-refractivity contribution is 0.406. The molecule has 4 heteroatoms. The lowest BCUT2D eigenvalue weighted by Gasteiger charge is -2.21. The molecule has 2 heterocycles. The first-order valence-corrected chi connectivity index (χ1v) is 8.72. The van der Waals surface area contributed by atoms with Crippen molar-refractivity contribution >= 4 is 27.4 Å². The maximum Gasteiger partial charge on any atom is 0.138 e. The fourth-order valence-electron chi connectivity index (χ4n) is 3.98. The van der Waals surface area contributed by atoms with Gasteiger partial charge in [0.05, 0.1) is 5.39 Å². The number of hydrogen-bond donors (Lipinski definition) is 1. The van der Waals surface area contributed by atoms with Gasteiger partial charge in [0.1, 0.15) is 16.5 Å². The van der Waals surface area contributed by atoms with Crippen LogP contribution in [0.15, 0.2) is 11.4 Å². The van der Waals surface area contributed by atoms with Crippen LogP contribution in [0, 0.1) is 11.8 Å². The first kappa shape index (κ1) is 12.6. The molecular weight excluding hydrogens is 266 g/mol. The second-order valence-electron chi connectivity index (χ2n) is 6.28. The molecule has 0 amide bonds. The summed E-state index contributed by atoms with van der Waals surface area (Å²) in [6.45, 7) is 3.17. The largest absolute Gasteiger partial charge is 0.369 e. The normalized spacial score (nSPS) is 28.4. The van der Waals surface area contributed by atoms with Gasteiger partial charge in [-0.15, -0.1) is 11.3 Å². The van der Waals surface area contributed by atoms with E-state index < -0.39 is 0 Å². The summed E-state index contributed by atoms with van der Waals surface area (Å²) < 4.78 is 0. The average Bonchev–Trinajstić information content (AvgIpc) is 3.19. The average molecular weight is 287 g/mol. The molecule has 20 heavy (non-hydrogen) atoms. The van der Waals surface area contributed by atoms with Crippen molar-refractivity contribution in [1.82, 2.24) is 9.97 Å². The van der Waals surface area contributed by atoms with Crippen molar-refractivity contribution in [2.45, 2.75) is 44.9 Å². The Bertz CT molecular complexity index is 621. The van der Waals surface area contributed by atoms with E-state index in [0.717, 1.165) is 41.3 Å². The van der Waals surface area contributed by atoms with E-state index in [2.05, 4.69) is 23.7 Å². The standard InChI is InChI=1S/C16H21N3S/c1-2-6-17-14-12-5-7-20-16(12)19-15(18-14)13-9-10-3-4-11(13)8-10/h5,7,10-11,13H,2-4,6,8-9H2,1H3,(H,17,18,19). The number of thiophene rings is 1. The van der Waals surface area contributed by atoms with Gasteiger partial charge in [0.15, 0.2) is 0 Å². The van der Waals surface area contributed by atoms with Gasteiger partial charge < -0.3 is 5.32 Å². The van der Waals surface area contributed by atoms with Crippen LogP contribution in [0.3, 0.4) is 0 Å². The number of hydrogen-bond acceptors (Lipinski definition) is 4. The Morgan fingerprint density at radius 3 is 3.00 bits per heavy atom. The van der Waals surface area contributed by atoms with Crippen molar-refractivity contribution < 1.29 is 0 Å². The molecule has 0 spiro atoms. The predicted octanol–water partition coefficient (Wildman–Crippen LogP) is 4.42. The summed E-state index contributed by atoms with van der Waals surface area (Å²) in [6, 6.07) is 2.14. The molecule has 2 aromatic heterocycles. The van der Waals surface area contributed by atoms with Crippen LogP contribution in [0.1, 0.15) is 50.8 Å². The van der Waals surface area contributed by atoms with Crippen LogP contribution in [-0.4, -0.2) is 16.5 Å². The smallest absolute Gasteiger partial charge is 0.138 e. The summed E-state index contributed by atoms with van der Waals surface area (Å²) in [5, 5.41) is 6.80. The van der Waals surface area contributed by atoms with Crippen LogP contribution in [0.25, 0.3) is 10.2 Å². The van der Waals surface area contributed by atoms with Gasteiger partial charge in [-0.2, -0.15) is 0 Å². The summed E-state index contributed by atoms with van der Waals surface area (Å²) in [5.74, 6) is 4.56. The van der Waals surface area contributed by atoms with E-state index in [-0.39, 0.29) is 0 Å². The fourth-order valence-corrected chi connectivity index (χ4v) is 4.75. The molecule has 2 saturated carbocycles. The molecule has 2 bridgehead atoms. The van der Waals surface area contributed by atoms with Crippen molar-refractivity contribution in [1.29, 1.82) is 0 Å². The molecule has 0 aromatic carbocycles. The third-order valence-corrected chi connectivity index (χ3v) is 5.76. The molecule has 3 atom stereocenters. The van der Waals surface area contributed by atoms with Crippen LogP contribution >= 0.6 is 11.3 Å². The highest BCUT2D eigenvalue weighted by Crippen LogP contribution is 2.52. The zero-order chi connectivity index (χ0) is 13.5. The highest BCUT2D eigenvalue weighted by atomic mass is 32.1. The van der Waals surface area contributed by atoms with Gasteiger partial charge >= 0.3 is 0 Å². The number of anilines is 1. The molecule has 106 valence electrons. The Hall–Kier alpha value is -1.16. The Balaban J connectivity index is 1.72. The zero-order valence-electron chi connectivity index (χ0n) is 11.9. The molecule has 1 N–H and O–H groups in total. The molecule has 0 saturated heterocycles. The van der Waals surface area contributed by atoms with E-state index in [1.165, 1.54) is 31.1 Å². The number of nitrogens with one attached hydrogen (secondary N) is 1. The van der Waals surface area contributed by atoms with Gasteiger partial charge in [-0.25, -0.2) is 9.97 Å². The van der Waals surface area contributed by atoms with Gasteiger partial charge in [-0.05, 0) is 49.0 Å². The van der Waals surface area contributed by atoms with Crippen molar-refractivity contribution in [2.24, 2.45) is 11.8 Å². The van der Waals surface area contributed by atoms with E-state index in [9.17, 15) is 0 Å². The zero-order valence-corrected chi connectivity index (χ0v) is 12.7. The maximum absolute atomic E-state index is 4.90. The Morgan fingerprint density at radius 2 is 2.25 bits per heavy atom. The Kier molecular flexibility index (Phi) is 3.14. The molecule has 2 aliphatic rings. The van der Waals surface area contributed by atoms with Gasteiger partial charge in [-0.3, -0.25) is 0 Å². The summed E-state index contributed by atoms with van der Waals surface area (Å²) >= 11 is 1.74. The number of aromatic nitrogens is 2. The second kappa shape index (κ2) is 4.99. The predicted molar refractivity (Wildman–Crippen MR) is 84.4 cm³/mol. The third kappa shape index (κ3) is 2.01. The molecule has 0 radical (unpaired) electrons. The molecule has 4 rings (SSSR count). The highest BCUT2D eigenvalue weighted by Gasteiger charge is 2.41. The Labute approximate surface area is 123 Å². The highest BCUT2D eigenvalue weighted by molar-refractivity contribution is 7.16. The summed E-state index contributed by atoms with van der Waals surface area (Å²) in [7, 11) is 0. The van der Waals surface area contributed by atoms with Gasteiger partial charge in [0, 0.05) is 12.5 Å². The SMILES string of the molecule is CCCNc1nc(C2CC3CCC2C3)nc2sccc12. The first-order valence-electron chi connectivity index (χ1n) is 7.84. The minimum Gasteiger partial charge on any atom is -0.369 e. The minimum atomic E-state index is 0.613. The fraction of sp³-hybridized carbons (Fsp3) is 0.625. The molecule has 3 unspecified atom stereocenters. The lowest BCUT2D eigenvalue weighted by Crippen LogP contribution is -2.13. The lowest BCUT2D eigenvalue weighted by atomic mass is 9.88. The van der Waals surface area contributed by atoms with E-state index in [1.54, 1.807) is 11.3 Å². The van der Waals surface area contributed by atoms with Crippen molar-refractivity contribution in [3.8, 4) is 0 Å².